The van der Waals surface area contributed by atoms with Crippen molar-refractivity contribution in [2.75, 3.05) is 6.61 Å². The number of halogens is 1. The number of hydrogen-bond acceptors (Lipinski definition) is 7. The van der Waals surface area contributed by atoms with Crippen LogP contribution in [0.3, 0.4) is 0 Å². The Labute approximate surface area is 188 Å². The van der Waals surface area contributed by atoms with Gasteiger partial charge in [0.1, 0.15) is 22.4 Å². The molecule has 0 bridgehead atoms. The molecule has 0 amide bonds. The fourth-order valence-electron chi connectivity index (χ4n) is 2.91. The Kier molecular flexibility index (Phi) is 7.12. The van der Waals surface area contributed by atoms with Gasteiger partial charge < -0.3 is 9.47 Å². The number of rotatable bonds is 7. The van der Waals surface area contributed by atoms with Gasteiger partial charge in [-0.25, -0.2) is 14.6 Å². The normalized spacial score (nSPS) is 12.2. The summed E-state index contributed by atoms with van der Waals surface area (Å²) in [5.74, 6) is -0.869. The van der Waals surface area contributed by atoms with E-state index in [4.69, 9.17) is 21.1 Å². The predicted octanol–water partition coefficient (Wildman–Crippen LogP) is 4.54. The lowest BCUT2D eigenvalue weighted by molar-refractivity contribution is -0.148. The van der Waals surface area contributed by atoms with E-state index in [1.165, 1.54) is 10.9 Å². The smallest absolute Gasteiger partial charge is 0.348 e. The van der Waals surface area contributed by atoms with Crippen molar-refractivity contribution in [3.05, 3.63) is 62.0 Å². The van der Waals surface area contributed by atoms with E-state index in [1.54, 1.807) is 38.1 Å². The third-order valence-corrected chi connectivity index (χ3v) is 6.24. The molecular formula is C22H23ClN2O5S. The summed E-state index contributed by atoms with van der Waals surface area (Å²) < 4.78 is 11.8. The second-order valence-electron chi connectivity index (χ2n) is 7.56. The minimum atomic E-state index is -0.900. The van der Waals surface area contributed by atoms with Gasteiger partial charge in [-0.3, -0.25) is 9.36 Å². The summed E-state index contributed by atoms with van der Waals surface area (Å²) in [6.45, 7) is 7.41. The van der Waals surface area contributed by atoms with Gasteiger partial charge in [-0.1, -0.05) is 43.6 Å². The number of nitrogens with zero attached hydrogens (tertiary/aromatic N) is 2. The molecule has 0 saturated carbocycles. The molecule has 31 heavy (non-hydrogen) atoms. The van der Waals surface area contributed by atoms with Crippen LogP contribution >= 0.6 is 22.9 Å². The van der Waals surface area contributed by atoms with Gasteiger partial charge in [0.25, 0.3) is 5.56 Å². The van der Waals surface area contributed by atoms with E-state index >= 15 is 0 Å². The summed E-state index contributed by atoms with van der Waals surface area (Å²) in [5.41, 5.74) is 0.755. The zero-order valence-corrected chi connectivity index (χ0v) is 19.2. The van der Waals surface area contributed by atoms with Crippen LogP contribution in [0.4, 0.5) is 0 Å². The molecule has 9 heteroatoms. The Balaban J connectivity index is 1.83. The third-order valence-electron chi connectivity index (χ3n) is 4.70. The molecule has 3 aromatic rings. The van der Waals surface area contributed by atoms with Crippen molar-refractivity contribution in [2.45, 2.75) is 40.3 Å². The first-order chi connectivity index (χ1) is 14.7. The molecule has 0 aliphatic rings. The van der Waals surface area contributed by atoms with Gasteiger partial charge in [-0.05, 0) is 31.4 Å². The van der Waals surface area contributed by atoms with E-state index in [2.05, 4.69) is 4.98 Å². The topological polar surface area (TPSA) is 87.5 Å². The minimum absolute atomic E-state index is 0.00338. The monoisotopic (exact) mass is 462 g/mol. The SMILES string of the molecule is Cc1c(C(=O)OCC(C)C)sc2ncn([C@H](C)C(=O)OCc3ccccc3Cl)c(=O)c12. The zero-order chi connectivity index (χ0) is 22.7. The number of benzene rings is 1. The van der Waals surface area contributed by atoms with Crippen molar-refractivity contribution in [2.24, 2.45) is 5.92 Å². The maximum Gasteiger partial charge on any atom is 0.348 e. The van der Waals surface area contributed by atoms with E-state index in [0.29, 0.717) is 37.9 Å². The molecule has 164 valence electrons. The maximum atomic E-state index is 13.1. The summed E-state index contributed by atoms with van der Waals surface area (Å²) >= 11 is 7.19. The second kappa shape index (κ2) is 9.62. The van der Waals surface area contributed by atoms with Crippen molar-refractivity contribution in [1.29, 1.82) is 0 Å². The van der Waals surface area contributed by atoms with Crippen LogP contribution in [0.25, 0.3) is 10.2 Å². The zero-order valence-electron chi connectivity index (χ0n) is 17.7. The molecule has 0 N–H and O–H groups in total. The average molecular weight is 463 g/mol. The van der Waals surface area contributed by atoms with Gasteiger partial charge in [0.15, 0.2) is 0 Å². The molecule has 0 spiro atoms. The van der Waals surface area contributed by atoms with Crippen molar-refractivity contribution >= 4 is 45.1 Å². The molecule has 0 aliphatic carbocycles. The van der Waals surface area contributed by atoms with E-state index < -0.39 is 23.5 Å². The van der Waals surface area contributed by atoms with E-state index in [9.17, 15) is 14.4 Å². The van der Waals surface area contributed by atoms with Crippen LogP contribution < -0.4 is 5.56 Å². The number of hydrogen-bond donors (Lipinski definition) is 0. The van der Waals surface area contributed by atoms with Crippen LogP contribution in [0.1, 0.15) is 47.6 Å². The Morgan fingerprint density at radius 1 is 1.19 bits per heavy atom. The summed E-state index contributed by atoms with van der Waals surface area (Å²) in [6.07, 6.45) is 1.30. The van der Waals surface area contributed by atoms with Gasteiger partial charge in [0.05, 0.1) is 18.3 Å². The highest BCUT2D eigenvalue weighted by atomic mass is 35.5. The standard InChI is InChI=1S/C22H23ClN2O5S/c1-12(2)9-29-22(28)18-13(3)17-19(31-18)24-11-25(20(17)26)14(4)21(27)30-10-15-7-5-6-8-16(15)23/h5-8,11-12,14H,9-10H2,1-4H3/t14-/m1/s1. The van der Waals surface area contributed by atoms with Crippen molar-refractivity contribution in [3.8, 4) is 0 Å². The van der Waals surface area contributed by atoms with Gasteiger partial charge in [0, 0.05) is 10.6 Å². The molecule has 2 heterocycles. The molecule has 1 atom stereocenters. The molecule has 1 aromatic carbocycles. The number of aryl methyl sites for hydroxylation is 1. The lowest BCUT2D eigenvalue weighted by atomic mass is 10.2. The van der Waals surface area contributed by atoms with Gasteiger partial charge in [-0.15, -0.1) is 11.3 Å². The van der Waals surface area contributed by atoms with E-state index in [0.717, 1.165) is 11.3 Å². The highest BCUT2D eigenvalue weighted by molar-refractivity contribution is 7.20. The van der Waals surface area contributed by atoms with Crippen LogP contribution in [0.5, 0.6) is 0 Å². The van der Waals surface area contributed by atoms with Crippen molar-refractivity contribution in [3.63, 3.8) is 0 Å². The minimum Gasteiger partial charge on any atom is -0.461 e. The number of fused-ring (bicyclic) bond motifs is 1. The maximum absolute atomic E-state index is 13.1. The van der Waals surface area contributed by atoms with E-state index in [-0.39, 0.29) is 12.5 Å². The summed E-state index contributed by atoms with van der Waals surface area (Å²) in [6, 6.07) is 6.15. The number of thiophene rings is 1. The highest BCUT2D eigenvalue weighted by Gasteiger charge is 2.24. The van der Waals surface area contributed by atoms with Crippen LogP contribution in [-0.4, -0.2) is 28.1 Å². The number of ether oxygens (including phenoxy) is 2. The summed E-state index contributed by atoms with van der Waals surface area (Å²) in [4.78, 5) is 43.1. The molecule has 2 aromatic heterocycles. The summed E-state index contributed by atoms with van der Waals surface area (Å²) in [5, 5.41) is 0.795. The molecular weight excluding hydrogens is 440 g/mol. The Morgan fingerprint density at radius 3 is 2.58 bits per heavy atom. The van der Waals surface area contributed by atoms with Crippen LogP contribution in [0, 0.1) is 12.8 Å². The molecule has 0 fully saturated rings. The highest BCUT2D eigenvalue weighted by Crippen LogP contribution is 2.28. The first kappa shape index (κ1) is 23.0. The Hall–Kier alpha value is -2.71. The third kappa shape index (κ3) is 4.97. The number of esters is 2. The van der Waals surface area contributed by atoms with Gasteiger partial charge in [0.2, 0.25) is 0 Å². The number of aromatic nitrogens is 2. The average Bonchev–Trinajstić information content (AvgIpc) is 3.08. The molecule has 0 saturated heterocycles. The quantitative estimate of drug-likeness (QED) is 0.479. The fourth-order valence-corrected chi connectivity index (χ4v) is 4.14. The first-order valence-electron chi connectivity index (χ1n) is 9.78. The van der Waals surface area contributed by atoms with Crippen molar-refractivity contribution < 1.29 is 19.1 Å². The second-order valence-corrected chi connectivity index (χ2v) is 8.97. The lowest BCUT2D eigenvalue weighted by Crippen LogP contribution is -2.29. The molecule has 0 unspecified atom stereocenters. The number of carbonyl (C=O) groups is 2. The predicted molar refractivity (Wildman–Crippen MR) is 120 cm³/mol. The van der Waals surface area contributed by atoms with Crippen LogP contribution in [0.2, 0.25) is 5.02 Å². The fraction of sp³-hybridized carbons (Fsp3) is 0.364. The van der Waals surface area contributed by atoms with Gasteiger partial charge >= 0.3 is 11.9 Å². The molecule has 7 nitrogen and oxygen atoms in total. The Morgan fingerprint density at radius 2 is 1.90 bits per heavy atom. The Bertz CT molecular complexity index is 1180. The summed E-state index contributed by atoms with van der Waals surface area (Å²) in [7, 11) is 0. The largest absolute Gasteiger partial charge is 0.461 e. The molecule has 0 aliphatic heterocycles. The lowest BCUT2D eigenvalue weighted by Gasteiger charge is -2.14. The van der Waals surface area contributed by atoms with Crippen molar-refractivity contribution in [1.82, 2.24) is 9.55 Å². The van der Waals surface area contributed by atoms with E-state index in [1.807, 2.05) is 13.8 Å². The number of carbonyl (C=O) groups excluding carboxylic acids is 2. The van der Waals surface area contributed by atoms with Gasteiger partial charge in [-0.2, -0.15) is 0 Å². The molecule has 0 radical (unpaired) electrons. The van der Waals surface area contributed by atoms with Crippen LogP contribution in [0.15, 0.2) is 35.4 Å². The molecule has 3 rings (SSSR count). The van der Waals surface area contributed by atoms with Crippen LogP contribution in [-0.2, 0) is 20.9 Å². The first-order valence-corrected chi connectivity index (χ1v) is 11.0.